The van der Waals surface area contributed by atoms with Crippen LogP contribution in [0.15, 0.2) is 18.2 Å². The number of hydrogen-bond acceptors (Lipinski definition) is 7. The summed E-state index contributed by atoms with van der Waals surface area (Å²) in [4.78, 5) is 42.3. The van der Waals surface area contributed by atoms with Gasteiger partial charge in [-0.25, -0.2) is 9.59 Å². The Morgan fingerprint density at radius 2 is 1.81 bits per heavy atom. The molecule has 1 aromatic rings. The SMILES string of the molecule is NC(CCP(=O)(O)C(O)c1ccc(OCC(=O)O)c(C(=O)O)c1)C(=O)O. The van der Waals surface area contributed by atoms with Crippen molar-refractivity contribution in [3.8, 4) is 5.75 Å². The Morgan fingerprint density at radius 3 is 2.31 bits per heavy atom. The van der Waals surface area contributed by atoms with E-state index in [1.165, 1.54) is 0 Å². The van der Waals surface area contributed by atoms with Gasteiger partial charge < -0.3 is 35.8 Å². The summed E-state index contributed by atoms with van der Waals surface area (Å²) in [6.07, 6.45) is -0.965. The van der Waals surface area contributed by atoms with Crippen LogP contribution in [-0.2, 0) is 14.2 Å². The van der Waals surface area contributed by atoms with Crippen molar-refractivity contribution in [2.24, 2.45) is 5.73 Å². The number of nitrogens with two attached hydrogens (primary N) is 1. The van der Waals surface area contributed by atoms with Crippen LogP contribution in [0, 0.1) is 0 Å². The first-order valence-electron chi connectivity index (χ1n) is 7.15. The second-order valence-electron chi connectivity index (χ2n) is 5.33. The number of aliphatic hydroxyl groups excluding tert-OH is 1. The van der Waals surface area contributed by atoms with Gasteiger partial charge in [-0.2, -0.15) is 0 Å². The Morgan fingerprint density at radius 1 is 1.19 bits per heavy atom. The number of aliphatic carboxylic acids is 2. The van der Waals surface area contributed by atoms with Crippen LogP contribution >= 0.6 is 7.37 Å². The number of aromatic carboxylic acids is 1. The summed E-state index contributed by atoms with van der Waals surface area (Å²) in [5.74, 6) is -6.47. The summed E-state index contributed by atoms with van der Waals surface area (Å²) in [5, 5.41) is 36.5. The molecule has 0 saturated heterocycles. The molecule has 0 aliphatic rings. The number of carboxylic acid groups (broad SMARTS) is 3. The average molecular weight is 391 g/mol. The molecular formula is C14H18NO10P. The molecule has 26 heavy (non-hydrogen) atoms. The summed E-state index contributed by atoms with van der Waals surface area (Å²) in [6, 6.07) is 1.65. The van der Waals surface area contributed by atoms with E-state index >= 15 is 0 Å². The minimum absolute atomic E-state index is 0.222. The predicted octanol–water partition coefficient (Wildman–Crippen LogP) is -0.0885. The highest BCUT2D eigenvalue weighted by atomic mass is 31.2. The van der Waals surface area contributed by atoms with Crippen molar-refractivity contribution in [3.63, 3.8) is 0 Å². The maximum atomic E-state index is 12.2. The number of carboxylic acids is 3. The summed E-state index contributed by atoms with van der Waals surface area (Å²) in [6.45, 7) is -0.798. The molecule has 1 rings (SSSR count). The number of ether oxygens (including phenoxy) is 1. The third kappa shape index (κ3) is 5.81. The van der Waals surface area contributed by atoms with Crippen molar-refractivity contribution >= 4 is 25.3 Å². The molecule has 11 nitrogen and oxygen atoms in total. The van der Waals surface area contributed by atoms with Crippen LogP contribution in [0.4, 0.5) is 0 Å². The van der Waals surface area contributed by atoms with E-state index in [2.05, 4.69) is 0 Å². The standard InChI is InChI=1S/C14H18NO10P/c15-9(13(20)21)3-4-26(23,24)14(22)7-1-2-10(25-6-11(16)17)8(5-7)12(18)19/h1-2,5,9,14,22H,3-4,6,15H2,(H,16,17)(H,18,19)(H,20,21)(H,23,24). The van der Waals surface area contributed by atoms with Crippen LogP contribution in [-0.4, -0.2) is 62.0 Å². The van der Waals surface area contributed by atoms with Gasteiger partial charge in [0.2, 0.25) is 7.37 Å². The molecule has 7 N–H and O–H groups in total. The predicted molar refractivity (Wildman–Crippen MR) is 86.4 cm³/mol. The Balaban J connectivity index is 3.04. The molecule has 0 radical (unpaired) electrons. The largest absolute Gasteiger partial charge is 0.481 e. The molecule has 144 valence electrons. The first-order valence-corrected chi connectivity index (χ1v) is 9.07. The number of aliphatic hydroxyl groups is 1. The van der Waals surface area contributed by atoms with Gasteiger partial charge in [0, 0.05) is 6.16 Å². The van der Waals surface area contributed by atoms with E-state index in [1.807, 2.05) is 0 Å². The van der Waals surface area contributed by atoms with Crippen LogP contribution in [0.25, 0.3) is 0 Å². The summed E-state index contributed by atoms with van der Waals surface area (Å²) in [5.41, 5.74) is 4.52. The Hall–Kier alpha value is -2.46. The van der Waals surface area contributed by atoms with Crippen LogP contribution in [0.3, 0.4) is 0 Å². The lowest BCUT2D eigenvalue weighted by Crippen LogP contribution is -2.31. The van der Waals surface area contributed by atoms with Gasteiger partial charge in [-0.3, -0.25) is 9.36 Å². The molecule has 0 aromatic heterocycles. The van der Waals surface area contributed by atoms with Gasteiger partial charge in [-0.15, -0.1) is 0 Å². The van der Waals surface area contributed by atoms with Crippen LogP contribution < -0.4 is 10.5 Å². The van der Waals surface area contributed by atoms with Crippen molar-refractivity contribution < 1.29 is 49.0 Å². The molecular weight excluding hydrogens is 373 g/mol. The molecule has 0 aliphatic heterocycles. The van der Waals surface area contributed by atoms with Gasteiger partial charge in [-0.1, -0.05) is 6.07 Å². The fourth-order valence-corrected chi connectivity index (χ4v) is 3.46. The zero-order valence-corrected chi connectivity index (χ0v) is 14.2. The van der Waals surface area contributed by atoms with Crippen molar-refractivity contribution in [3.05, 3.63) is 29.3 Å². The zero-order chi connectivity index (χ0) is 20.1. The molecule has 0 saturated carbocycles. The lowest BCUT2D eigenvalue weighted by atomic mass is 10.1. The molecule has 0 spiro atoms. The molecule has 0 amide bonds. The van der Waals surface area contributed by atoms with Crippen molar-refractivity contribution in [1.29, 1.82) is 0 Å². The van der Waals surface area contributed by atoms with E-state index < -0.39 is 55.5 Å². The Bertz CT molecular complexity index is 749. The third-order valence-corrected chi connectivity index (χ3v) is 5.30. The molecule has 12 heteroatoms. The monoisotopic (exact) mass is 391 g/mol. The van der Waals surface area contributed by atoms with Gasteiger partial charge in [0.1, 0.15) is 17.4 Å². The summed E-state index contributed by atoms with van der Waals surface area (Å²) < 4.78 is 17.0. The Labute approximate surface area is 147 Å². The van der Waals surface area contributed by atoms with Crippen molar-refractivity contribution in [2.45, 2.75) is 18.3 Å². The lowest BCUT2D eigenvalue weighted by molar-refractivity contribution is -0.139. The van der Waals surface area contributed by atoms with Gasteiger partial charge >= 0.3 is 17.9 Å². The first kappa shape index (κ1) is 21.6. The van der Waals surface area contributed by atoms with Crippen LogP contribution in [0.2, 0.25) is 0 Å². The molecule has 3 unspecified atom stereocenters. The van der Waals surface area contributed by atoms with E-state index in [9.17, 15) is 28.9 Å². The molecule has 0 heterocycles. The van der Waals surface area contributed by atoms with Gasteiger partial charge in [0.05, 0.1) is 0 Å². The minimum atomic E-state index is -4.31. The fraction of sp³-hybridized carbons (Fsp3) is 0.357. The van der Waals surface area contributed by atoms with Crippen LogP contribution in [0.5, 0.6) is 5.75 Å². The zero-order valence-electron chi connectivity index (χ0n) is 13.3. The van der Waals surface area contributed by atoms with Crippen LogP contribution in [0.1, 0.15) is 28.2 Å². The topological polar surface area (TPSA) is 205 Å². The molecule has 1 aromatic carbocycles. The first-order chi connectivity index (χ1) is 12.0. The summed E-state index contributed by atoms with van der Waals surface area (Å²) in [7, 11) is -4.31. The highest BCUT2D eigenvalue weighted by Gasteiger charge is 2.32. The van der Waals surface area contributed by atoms with E-state index in [-0.39, 0.29) is 17.7 Å². The molecule has 3 atom stereocenters. The number of carbonyl (C=O) groups is 3. The lowest BCUT2D eigenvalue weighted by Gasteiger charge is -2.20. The van der Waals surface area contributed by atoms with Gasteiger partial charge in [-0.05, 0) is 24.1 Å². The fourth-order valence-electron chi connectivity index (χ4n) is 1.94. The maximum Gasteiger partial charge on any atom is 0.341 e. The normalized spacial score (nSPS) is 15.5. The molecule has 0 bridgehead atoms. The van der Waals surface area contributed by atoms with E-state index in [0.717, 1.165) is 18.2 Å². The number of rotatable bonds is 10. The van der Waals surface area contributed by atoms with E-state index in [1.54, 1.807) is 0 Å². The van der Waals surface area contributed by atoms with E-state index in [4.69, 9.17) is 25.8 Å². The second-order valence-corrected chi connectivity index (χ2v) is 7.78. The third-order valence-electron chi connectivity index (χ3n) is 3.34. The average Bonchev–Trinajstić information content (AvgIpc) is 2.56. The van der Waals surface area contributed by atoms with E-state index in [0.29, 0.717) is 0 Å². The maximum absolute atomic E-state index is 12.2. The minimum Gasteiger partial charge on any atom is -0.481 e. The van der Waals surface area contributed by atoms with Crippen molar-refractivity contribution in [2.75, 3.05) is 12.8 Å². The highest BCUT2D eigenvalue weighted by molar-refractivity contribution is 7.58. The second kappa shape index (κ2) is 8.77. The quantitative estimate of drug-likeness (QED) is 0.291. The number of hydrogen-bond donors (Lipinski definition) is 6. The summed E-state index contributed by atoms with van der Waals surface area (Å²) >= 11 is 0. The smallest absolute Gasteiger partial charge is 0.341 e. The van der Waals surface area contributed by atoms with Crippen molar-refractivity contribution in [1.82, 2.24) is 0 Å². The Kier molecular flexibility index (Phi) is 7.28. The van der Waals surface area contributed by atoms with Gasteiger partial charge in [0.15, 0.2) is 12.5 Å². The highest BCUT2D eigenvalue weighted by Crippen LogP contribution is 2.54. The van der Waals surface area contributed by atoms with Gasteiger partial charge in [0.25, 0.3) is 0 Å². The molecule has 0 fully saturated rings. The number of benzene rings is 1. The molecule has 0 aliphatic carbocycles.